The van der Waals surface area contributed by atoms with Crippen LogP contribution in [0.25, 0.3) is 0 Å². The largest absolute Gasteiger partial charge is 0.393 e. The zero-order valence-corrected chi connectivity index (χ0v) is 9.39. The van der Waals surface area contributed by atoms with Crippen molar-refractivity contribution in [2.75, 3.05) is 13.1 Å². The van der Waals surface area contributed by atoms with Crippen molar-refractivity contribution in [2.45, 2.75) is 26.0 Å². The Hall–Kier alpha value is -1.40. The molecule has 0 aliphatic carbocycles. The van der Waals surface area contributed by atoms with Crippen molar-refractivity contribution in [2.24, 2.45) is 5.73 Å². The second kappa shape index (κ2) is 6.24. The van der Waals surface area contributed by atoms with Crippen LogP contribution in [-0.4, -0.2) is 39.8 Å². The highest BCUT2D eigenvalue weighted by molar-refractivity contribution is 5.91. The number of nitrogens with zero attached hydrogens (tertiary/aromatic N) is 2. The van der Waals surface area contributed by atoms with Gasteiger partial charge in [-0.3, -0.25) is 4.79 Å². The number of aromatic nitrogens is 2. The van der Waals surface area contributed by atoms with E-state index < -0.39 is 6.10 Å². The first kappa shape index (κ1) is 12.7. The summed E-state index contributed by atoms with van der Waals surface area (Å²) in [6.07, 6.45) is 3.37. The number of nitrogens with two attached hydrogens (primary N) is 1. The van der Waals surface area contributed by atoms with Crippen LogP contribution in [0.15, 0.2) is 12.5 Å². The average Bonchev–Trinajstić information content (AvgIpc) is 2.66. The topological polar surface area (TPSA) is 93.2 Å². The van der Waals surface area contributed by atoms with Gasteiger partial charge in [-0.1, -0.05) is 0 Å². The third-order valence-corrected chi connectivity index (χ3v) is 2.10. The predicted octanol–water partition coefficient (Wildman–Crippen LogP) is -0.657. The van der Waals surface area contributed by atoms with Crippen LogP contribution in [0, 0.1) is 0 Å². The molecule has 6 nitrogen and oxygen atoms in total. The molecule has 1 aromatic rings. The third-order valence-electron chi connectivity index (χ3n) is 2.10. The molecule has 16 heavy (non-hydrogen) atoms. The van der Waals surface area contributed by atoms with E-state index in [-0.39, 0.29) is 5.91 Å². The van der Waals surface area contributed by atoms with Crippen molar-refractivity contribution in [3.8, 4) is 0 Å². The minimum absolute atomic E-state index is 0.226. The molecular weight excluding hydrogens is 208 g/mol. The fourth-order valence-electron chi connectivity index (χ4n) is 1.23. The number of hydrogen-bond donors (Lipinski definition) is 3. The molecule has 0 saturated carbocycles. The van der Waals surface area contributed by atoms with Gasteiger partial charge in [0.05, 0.1) is 12.4 Å². The molecule has 1 amide bonds. The van der Waals surface area contributed by atoms with Gasteiger partial charge in [0.2, 0.25) is 0 Å². The standard InChI is InChI=1S/C10H18N4O2/c1-8(15)2-4-12-10(16)9-6-14(5-3-11)7-13-9/h6-8,15H,2-5,11H2,1H3,(H,12,16). The first-order valence-corrected chi connectivity index (χ1v) is 5.31. The molecule has 0 spiro atoms. The summed E-state index contributed by atoms with van der Waals surface area (Å²) < 4.78 is 1.77. The SMILES string of the molecule is CC(O)CCNC(=O)c1cn(CCN)cn1. The van der Waals surface area contributed by atoms with Crippen molar-refractivity contribution >= 4 is 5.91 Å². The summed E-state index contributed by atoms with van der Waals surface area (Å²) in [5.41, 5.74) is 5.76. The molecule has 0 aliphatic heterocycles. The second-order valence-electron chi connectivity index (χ2n) is 3.68. The number of rotatable bonds is 6. The average molecular weight is 226 g/mol. The second-order valence-corrected chi connectivity index (χ2v) is 3.68. The monoisotopic (exact) mass is 226 g/mol. The van der Waals surface area contributed by atoms with E-state index in [4.69, 9.17) is 10.8 Å². The Kier molecular flexibility index (Phi) is 4.94. The van der Waals surface area contributed by atoms with Crippen LogP contribution in [0.2, 0.25) is 0 Å². The molecule has 1 rings (SSSR count). The lowest BCUT2D eigenvalue weighted by Gasteiger charge is -2.04. The number of amides is 1. The maximum Gasteiger partial charge on any atom is 0.271 e. The zero-order chi connectivity index (χ0) is 12.0. The van der Waals surface area contributed by atoms with E-state index in [9.17, 15) is 4.79 Å². The molecule has 1 unspecified atom stereocenters. The van der Waals surface area contributed by atoms with Gasteiger partial charge in [-0.15, -0.1) is 0 Å². The first-order valence-electron chi connectivity index (χ1n) is 5.31. The molecule has 1 aromatic heterocycles. The zero-order valence-electron chi connectivity index (χ0n) is 9.39. The maximum atomic E-state index is 11.5. The number of aliphatic hydroxyl groups is 1. The van der Waals surface area contributed by atoms with Crippen molar-refractivity contribution in [1.82, 2.24) is 14.9 Å². The Labute approximate surface area is 94.5 Å². The molecule has 6 heteroatoms. The molecular formula is C10H18N4O2. The molecule has 0 radical (unpaired) electrons. The fraction of sp³-hybridized carbons (Fsp3) is 0.600. The number of hydrogen-bond acceptors (Lipinski definition) is 4. The molecule has 0 saturated heterocycles. The molecule has 0 fully saturated rings. The summed E-state index contributed by atoms with van der Waals surface area (Å²) in [7, 11) is 0. The fourth-order valence-corrected chi connectivity index (χ4v) is 1.23. The van der Waals surface area contributed by atoms with Crippen LogP contribution in [0.5, 0.6) is 0 Å². The lowest BCUT2D eigenvalue weighted by Crippen LogP contribution is -2.26. The van der Waals surface area contributed by atoms with Gasteiger partial charge in [0, 0.05) is 25.8 Å². The highest BCUT2D eigenvalue weighted by Crippen LogP contribution is 1.96. The maximum absolute atomic E-state index is 11.5. The lowest BCUT2D eigenvalue weighted by molar-refractivity contribution is 0.0941. The lowest BCUT2D eigenvalue weighted by atomic mass is 10.3. The Balaban J connectivity index is 2.40. The van der Waals surface area contributed by atoms with Crippen LogP contribution in [0.1, 0.15) is 23.8 Å². The summed E-state index contributed by atoms with van der Waals surface area (Å²) in [6, 6.07) is 0. The van der Waals surface area contributed by atoms with Crippen LogP contribution >= 0.6 is 0 Å². The highest BCUT2D eigenvalue weighted by atomic mass is 16.3. The summed E-state index contributed by atoms with van der Waals surface area (Å²) in [5, 5.41) is 11.7. The number of carbonyl (C=O) groups is 1. The Morgan fingerprint density at radius 1 is 1.75 bits per heavy atom. The molecule has 0 aromatic carbocycles. The summed E-state index contributed by atoms with van der Waals surface area (Å²) >= 11 is 0. The Bertz CT molecular complexity index is 335. The normalized spacial score (nSPS) is 12.4. The van der Waals surface area contributed by atoms with Crippen LogP contribution in [0.4, 0.5) is 0 Å². The quantitative estimate of drug-likeness (QED) is 0.600. The third kappa shape index (κ3) is 4.00. The van der Waals surface area contributed by atoms with E-state index in [1.807, 2.05) is 0 Å². The van der Waals surface area contributed by atoms with Crippen molar-refractivity contribution in [3.63, 3.8) is 0 Å². The minimum atomic E-state index is -0.407. The van der Waals surface area contributed by atoms with Crippen LogP contribution in [-0.2, 0) is 6.54 Å². The van der Waals surface area contributed by atoms with Gasteiger partial charge < -0.3 is 20.7 Å². The molecule has 90 valence electrons. The van der Waals surface area contributed by atoms with Crippen molar-refractivity contribution in [1.29, 1.82) is 0 Å². The molecule has 0 aliphatic rings. The Morgan fingerprint density at radius 3 is 3.12 bits per heavy atom. The van der Waals surface area contributed by atoms with E-state index in [0.29, 0.717) is 31.7 Å². The number of imidazole rings is 1. The number of aliphatic hydroxyl groups excluding tert-OH is 1. The van der Waals surface area contributed by atoms with E-state index in [1.165, 1.54) is 0 Å². The summed E-state index contributed by atoms with van der Waals surface area (Å²) in [5.74, 6) is -0.226. The summed E-state index contributed by atoms with van der Waals surface area (Å²) in [6.45, 7) is 3.29. The molecule has 1 atom stereocenters. The van der Waals surface area contributed by atoms with E-state index in [2.05, 4.69) is 10.3 Å². The van der Waals surface area contributed by atoms with E-state index in [0.717, 1.165) is 0 Å². The predicted molar refractivity (Wildman–Crippen MR) is 59.9 cm³/mol. The van der Waals surface area contributed by atoms with Crippen molar-refractivity contribution < 1.29 is 9.90 Å². The van der Waals surface area contributed by atoms with Gasteiger partial charge in [0.15, 0.2) is 0 Å². The highest BCUT2D eigenvalue weighted by Gasteiger charge is 2.08. The number of nitrogens with one attached hydrogen (secondary N) is 1. The first-order chi connectivity index (χ1) is 7.63. The smallest absolute Gasteiger partial charge is 0.271 e. The number of carbonyl (C=O) groups excluding carboxylic acids is 1. The van der Waals surface area contributed by atoms with Gasteiger partial charge in [0.25, 0.3) is 5.91 Å². The molecule has 1 heterocycles. The minimum Gasteiger partial charge on any atom is -0.393 e. The summed E-state index contributed by atoms with van der Waals surface area (Å²) in [4.78, 5) is 15.5. The van der Waals surface area contributed by atoms with Gasteiger partial charge in [-0.2, -0.15) is 0 Å². The van der Waals surface area contributed by atoms with Crippen LogP contribution in [0.3, 0.4) is 0 Å². The molecule has 0 bridgehead atoms. The van der Waals surface area contributed by atoms with Crippen molar-refractivity contribution in [3.05, 3.63) is 18.2 Å². The van der Waals surface area contributed by atoms with Gasteiger partial charge >= 0.3 is 0 Å². The van der Waals surface area contributed by atoms with Gasteiger partial charge in [-0.25, -0.2) is 4.98 Å². The van der Waals surface area contributed by atoms with Crippen LogP contribution < -0.4 is 11.1 Å². The Morgan fingerprint density at radius 2 is 2.50 bits per heavy atom. The van der Waals surface area contributed by atoms with E-state index in [1.54, 1.807) is 24.0 Å². The molecule has 4 N–H and O–H groups in total. The van der Waals surface area contributed by atoms with Gasteiger partial charge in [-0.05, 0) is 13.3 Å². The van der Waals surface area contributed by atoms with Gasteiger partial charge in [0.1, 0.15) is 5.69 Å². The van der Waals surface area contributed by atoms with E-state index >= 15 is 0 Å².